The molecular weight excluding hydrogens is 469 g/mol. The fourth-order valence-electron chi connectivity index (χ4n) is 4.49. The number of nitrogens with zero attached hydrogens (tertiary/aromatic N) is 3. The predicted octanol–water partition coefficient (Wildman–Crippen LogP) is 5.56. The van der Waals surface area contributed by atoms with Crippen LogP contribution in [0.5, 0.6) is 11.6 Å². The van der Waals surface area contributed by atoms with E-state index in [9.17, 15) is 9.50 Å². The monoisotopic (exact) mass is 501 g/mol. The number of hydrogen-bond acceptors (Lipinski definition) is 5. The Balaban J connectivity index is 1.35. The van der Waals surface area contributed by atoms with Gasteiger partial charge >= 0.3 is 0 Å². The molecule has 1 aliphatic rings. The van der Waals surface area contributed by atoms with Crippen LogP contribution < -0.4 is 4.74 Å². The standard InChI is InChI=1S/C30H32FN3O3/c1-33-30(37-27-14-8-13-24(31)17-27)28(29(32-33)23-11-6-3-7-12-23)19-34(25-15-16-25)18-26(35)21-36-20-22-9-4-2-5-10-22/h2-14,17,25-26,35H,15-16,18-21H2,1H3. The smallest absolute Gasteiger partial charge is 0.222 e. The highest BCUT2D eigenvalue weighted by molar-refractivity contribution is 5.65. The van der Waals surface area contributed by atoms with Gasteiger partial charge in [0.25, 0.3) is 0 Å². The molecule has 6 nitrogen and oxygen atoms in total. The lowest BCUT2D eigenvalue weighted by atomic mass is 10.1. The fraction of sp³-hybridized carbons (Fsp3) is 0.300. The minimum absolute atomic E-state index is 0.253. The number of aromatic nitrogens is 2. The topological polar surface area (TPSA) is 59.8 Å². The van der Waals surface area contributed by atoms with Gasteiger partial charge in [0.2, 0.25) is 5.88 Å². The van der Waals surface area contributed by atoms with Crippen LogP contribution in [0.4, 0.5) is 4.39 Å². The third-order valence-electron chi connectivity index (χ3n) is 6.44. The van der Waals surface area contributed by atoms with E-state index in [0.29, 0.717) is 37.4 Å². The maximum atomic E-state index is 13.9. The van der Waals surface area contributed by atoms with E-state index in [0.717, 1.165) is 35.2 Å². The highest BCUT2D eigenvalue weighted by atomic mass is 19.1. The van der Waals surface area contributed by atoms with E-state index in [-0.39, 0.29) is 12.4 Å². The van der Waals surface area contributed by atoms with Crippen molar-refractivity contribution in [1.29, 1.82) is 0 Å². The summed E-state index contributed by atoms with van der Waals surface area (Å²) in [5, 5.41) is 15.6. The molecule has 7 heteroatoms. The SMILES string of the molecule is Cn1nc(-c2ccccc2)c(CN(CC(O)COCc2ccccc2)C2CC2)c1Oc1cccc(F)c1. The maximum absolute atomic E-state index is 13.9. The van der Waals surface area contributed by atoms with Gasteiger partial charge in [-0.15, -0.1) is 0 Å². The second-order valence-electron chi connectivity index (χ2n) is 9.50. The number of aliphatic hydroxyl groups is 1. The second kappa shape index (κ2) is 11.7. The summed E-state index contributed by atoms with van der Waals surface area (Å²) < 4.78 is 27.6. The number of aliphatic hydroxyl groups excluding tert-OH is 1. The van der Waals surface area contributed by atoms with E-state index in [2.05, 4.69) is 4.90 Å². The van der Waals surface area contributed by atoms with E-state index in [1.54, 1.807) is 16.8 Å². The number of hydrogen-bond donors (Lipinski definition) is 1. The molecule has 192 valence electrons. The van der Waals surface area contributed by atoms with Crippen molar-refractivity contribution in [2.45, 2.75) is 38.1 Å². The molecule has 1 aromatic heterocycles. The van der Waals surface area contributed by atoms with Gasteiger partial charge in [-0.1, -0.05) is 66.7 Å². The highest BCUT2D eigenvalue weighted by Gasteiger charge is 2.33. The Hall–Kier alpha value is -3.52. The highest BCUT2D eigenvalue weighted by Crippen LogP contribution is 2.37. The van der Waals surface area contributed by atoms with Crippen LogP contribution >= 0.6 is 0 Å². The largest absolute Gasteiger partial charge is 0.439 e. The zero-order chi connectivity index (χ0) is 25.6. The third-order valence-corrected chi connectivity index (χ3v) is 6.44. The van der Waals surface area contributed by atoms with Gasteiger partial charge in [0.15, 0.2) is 0 Å². The van der Waals surface area contributed by atoms with Gasteiger partial charge in [0.1, 0.15) is 17.3 Å². The summed E-state index contributed by atoms with van der Waals surface area (Å²) in [4.78, 5) is 2.28. The third kappa shape index (κ3) is 6.63. The average Bonchev–Trinajstić information content (AvgIpc) is 3.71. The summed E-state index contributed by atoms with van der Waals surface area (Å²) in [5.74, 6) is 0.615. The van der Waals surface area contributed by atoms with Gasteiger partial charge in [-0.05, 0) is 30.5 Å². The van der Waals surface area contributed by atoms with Crippen LogP contribution in [-0.4, -0.2) is 45.1 Å². The Morgan fingerprint density at radius 3 is 2.46 bits per heavy atom. The van der Waals surface area contributed by atoms with Crippen LogP contribution in [0.25, 0.3) is 11.3 Å². The lowest BCUT2D eigenvalue weighted by Gasteiger charge is -2.25. The zero-order valence-electron chi connectivity index (χ0n) is 21.0. The lowest BCUT2D eigenvalue weighted by molar-refractivity contribution is 0.00698. The van der Waals surface area contributed by atoms with E-state index in [1.807, 2.05) is 67.7 Å². The first kappa shape index (κ1) is 25.1. The summed E-state index contributed by atoms with van der Waals surface area (Å²) in [6.45, 7) is 1.74. The van der Waals surface area contributed by atoms with Crippen LogP contribution in [0.2, 0.25) is 0 Å². The molecule has 1 N–H and O–H groups in total. The molecule has 1 aliphatic carbocycles. The molecule has 1 unspecified atom stereocenters. The number of aryl methyl sites for hydroxylation is 1. The molecular formula is C30H32FN3O3. The summed E-state index contributed by atoms with van der Waals surface area (Å²) in [7, 11) is 1.83. The van der Waals surface area contributed by atoms with E-state index in [4.69, 9.17) is 14.6 Å². The number of rotatable bonds is 12. The first-order chi connectivity index (χ1) is 18.1. The van der Waals surface area contributed by atoms with Crippen molar-refractivity contribution in [3.8, 4) is 22.9 Å². The minimum atomic E-state index is -0.631. The maximum Gasteiger partial charge on any atom is 0.222 e. The molecule has 0 aliphatic heterocycles. The van der Waals surface area contributed by atoms with Gasteiger partial charge in [-0.2, -0.15) is 5.10 Å². The number of benzene rings is 3. The van der Waals surface area contributed by atoms with Crippen molar-refractivity contribution in [2.75, 3.05) is 13.2 Å². The molecule has 1 atom stereocenters. The quantitative estimate of drug-likeness (QED) is 0.275. The molecule has 1 saturated carbocycles. The van der Waals surface area contributed by atoms with Crippen molar-refractivity contribution in [2.24, 2.45) is 7.05 Å². The Morgan fingerprint density at radius 1 is 1.03 bits per heavy atom. The first-order valence-corrected chi connectivity index (χ1v) is 12.7. The van der Waals surface area contributed by atoms with Crippen LogP contribution in [0.15, 0.2) is 84.9 Å². The van der Waals surface area contributed by atoms with Gasteiger partial charge < -0.3 is 14.6 Å². The van der Waals surface area contributed by atoms with E-state index < -0.39 is 6.10 Å². The molecule has 3 aromatic carbocycles. The van der Waals surface area contributed by atoms with Crippen molar-refractivity contribution in [1.82, 2.24) is 14.7 Å². The molecule has 0 radical (unpaired) electrons. The van der Waals surface area contributed by atoms with E-state index >= 15 is 0 Å². The van der Waals surface area contributed by atoms with Crippen LogP contribution in [0.1, 0.15) is 24.0 Å². The Labute approximate surface area is 216 Å². The van der Waals surface area contributed by atoms with Crippen molar-refractivity contribution >= 4 is 0 Å². The molecule has 1 fully saturated rings. The van der Waals surface area contributed by atoms with Gasteiger partial charge in [-0.3, -0.25) is 4.90 Å². The molecule has 1 heterocycles. The summed E-state index contributed by atoms with van der Waals surface area (Å²) in [5.41, 5.74) is 3.78. The Kier molecular flexibility index (Phi) is 7.94. The fourth-order valence-corrected chi connectivity index (χ4v) is 4.49. The second-order valence-corrected chi connectivity index (χ2v) is 9.50. The van der Waals surface area contributed by atoms with Gasteiger partial charge in [-0.25, -0.2) is 9.07 Å². The van der Waals surface area contributed by atoms with Crippen LogP contribution in [-0.2, 0) is 24.9 Å². The average molecular weight is 502 g/mol. The predicted molar refractivity (Wildman–Crippen MR) is 141 cm³/mol. The number of ether oxygens (including phenoxy) is 2. The molecule has 0 saturated heterocycles. The first-order valence-electron chi connectivity index (χ1n) is 12.7. The Morgan fingerprint density at radius 2 is 1.76 bits per heavy atom. The normalized spacial score (nSPS) is 14.2. The minimum Gasteiger partial charge on any atom is -0.439 e. The summed E-state index contributed by atoms with van der Waals surface area (Å²) in [6, 6.07) is 26.4. The Bertz CT molecular complexity index is 1290. The lowest BCUT2D eigenvalue weighted by Crippen LogP contribution is -2.36. The van der Waals surface area contributed by atoms with E-state index in [1.165, 1.54) is 12.1 Å². The molecule has 0 amide bonds. The van der Waals surface area contributed by atoms with Gasteiger partial charge in [0.05, 0.1) is 24.9 Å². The van der Waals surface area contributed by atoms with Crippen molar-refractivity contribution in [3.63, 3.8) is 0 Å². The van der Waals surface area contributed by atoms with Crippen LogP contribution in [0.3, 0.4) is 0 Å². The number of halogens is 1. The molecule has 4 aromatic rings. The van der Waals surface area contributed by atoms with Crippen molar-refractivity contribution < 1.29 is 19.0 Å². The molecule has 37 heavy (non-hydrogen) atoms. The van der Waals surface area contributed by atoms with Crippen LogP contribution in [0, 0.1) is 5.82 Å². The zero-order valence-corrected chi connectivity index (χ0v) is 21.0. The van der Waals surface area contributed by atoms with Gasteiger partial charge in [0, 0.05) is 37.8 Å². The summed E-state index contributed by atoms with van der Waals surface area (Å²) in [6.07, 6.45) is 1.53. The molecule has 5 rings (SSSR count). The molecule has 0 bridgehead atoms. The summed E-state index contributed by atoms with van der Waals surface area (Å²) >= 11 is 0. The molecule has 0 spiro atoms. The van der Waals surface area contributed by atoms with Crippen molar-refractivity contribution in [3.05, 3.63) is 102 Å².